The highest BCUT2D eigenvalue weighted by molar-refractivity contribution is 7.86. The Labute approximate surface area is 149 Å². The van der Waals surface area contributed by atoms with Crippen LogP contribution < -0.4 is 10.0 Å². The topological polar surface area (TPSA) is 92.4 Å². The molecule has 1 fully saturated rings. The Hall–Kier alpha value is -1.77. The predicted octanol–water partition coefficient (Wildman–Crippen LogP) is 1.60. The van der Waals surface area contributed by atoms with Crippen molar-refractivity contribution < 1.29 is 8.42 Å². The van der Waals surface area contributed by atoms with Crippen LogP contribution in [-0.4, -0.2) is 48.9 Å². The Morgan fingerprint density at radius 3 is 2.56 bits per heavy atom. The molecule has 1 aromatic carbocycles. The standard InChI is InChI=1S/C17H25N5O2S/c1-11-5-15-16(6-12(11)2)19-10-20-17(15)22-8-14(9-22)7-13(3)21(4)25(18,23)24/h5-6,10,13-14H,7-9H2,1-4H3,(H2,18,23,24). The van der Waals surface area contributed by atoms with Gasteiger partial charge in [0.1, 0.15) is 12.1 Å². The van der Waals surface area contributed by atoms with Crippen LogP contribution in [0.25, 0.3) is 10.9 Å². The number of fused-ring (bicyclic) bond motifs is 1. The van der Waals surface area contributed by atoms with Crippen LogP contribution in [0.1, 0.15) is 24.5 Å². The van der Waals surface area contributed by atoms with E-state index in [1.165, 1.54) is 22.5 Å². The summed E-state index contributed by atoms with van der Waals surface area (Å²) in [5.41, 5.74) is 3.40. The van der Waals surface area contributed by atoms with Gasteiger partial charge in [0.25, 0.3) is 10.2 Å². The number of nitrogens with zero attached hydrogens (tertiary/aromatic N) is 4. The summed E-state index contributed by atoms with van der Waals surface area (Å²) < 4.78 is 24.1. The van der Waals surface area contributed by atoms with E-state index in [4.69, 9.17) is 5.14 Å². The monoisotopic (exact) mass is 363 g/mol. The highest BCUT2D eigenvalue weighted by Gasteiger charge is 2.32. The van der Waals surface area contributed by atoms with Crippen molar-refractivity contribution in [2.75, 3.05) is 25.0 Å². The van der Waals surface area contributed by atoms with E-state index in [-0.39, 0.29) is 6.04 Å². The number of hydrogen-bond acceptors (Lipinski definition) is 5. The number of aromatic nitrogens is 2. The van der Waals surface area contributed by atoms with Crippen LogP contribution in [0.5, 0.6) is 0 Å². The van der Waals surface area contributed by atoms with Crippen molar-refractivity contribution in [1.82, 2.24) is 14.3 Å². The number of anilines is 1. The largest absolute Gasteiger partial charge is 0.355 e. The number of benzene rings is 1. The summed E-state index contributed by atoms with van der Waals surface area (Å²) in [5, 5.41) is 6.26. The average Bonchev–Trinajstić information content (AvgIpc) is 2.49. The fourth-order valence-electron chi connectivity index (χ4n) is 3.33. The molecular formula is C17H25N5O2S. The van der Waals surface area contributed by atoms with Crippen LogP contribution >= 0.6 is 0 Å². The minimum absolute atomic E-state index is 0.116. The van der Waals surface area contributed by atoms with Crippen molar-refractivity contribution in [3.05, 3.63) is 29.6 Å². The summed E-state index contributed by atoms with van der Waals surface area (Å²) in [6, 6.07) is 4.12. The Bertz CT molecular complexity index is 893. The van der Waals surface area contributed by atoms with Crippen molar-refractivity contribution in [1.29, 1.82) is 0 Å². The molecule has 0 aliphatic carbocycles. The summed E-state index contributed by atoms with van der Waals surface area (Å²) in [6.45, 7) is 7.79. The molecule has 7 nitrogen and oxygen atoms in total. The molecule has 0 saturated carbocycles. The van der Waals surface area contributed by atoms with E-state index in [9.17, 15) is 8.42 Å². The second-order valence-electron chi connectivity index (χ2n) is 7.07. The predicted molar refractivity (Wildman–Crippen MR) is 99.7 cm³/mol. The van der Waals surface area contributed by atoms with E-state index in [1.54, 1.807) is 6.33 Å². The number of aryl methyl sites for hydroxylation is 2. The Kier molecular flexibility index (Phi) is 4.70. The van der Waals surface area contributed by atoms with Crippen molar-refractivity contribution in [2.24, 2.45) is 11.1 Å². The summed E-state index contributed by atoms with van der Waals surface area (Å²) in [6.07, 6.45) is 2.39. The fourth-order valence-corrected chi connectivity index (χ4v) is 3.92. The fraction of sp³-hybridized carbons (Fsp3) is 0.529. The first kappa shape index (κ1) is 18.0. The third-order valence-electron chi connectivity index (χ3n) is 5.18. The Morgan fingerprint density at radius 1 is 1.28 bits per heavy atom. The molecule has 2 aromatic rings. The molecule has 1 atom stereocenters. The maximum atomic E-state index is 11.4. The number of rotatable bonds is 5. The smallest absolute Gasteiger partial charge is 0.276 e. The molecule has 2 N–H and O–H groups in total. The van der Waals surface area contributed by atoms with Crippen LogP contribution in [0.4, 0.5) is 5.82 Å². The van der Waals surface area contributed by atoms with Gasteiger partial charge in [0.05, 0.1) is 5.52 Å². The van der Waals surface area contributed by atoms with Gasteiger partial charge in [0, 0.05) is 31.6 Å². The summed E-state index contributed by atoms with van der Waals surface area (Å²) in [7, 11) is -2.11. The molecular weight excluding hydrogens is 338 g/mol. The maximum Gasteiger partial charge on any atom is 0.276 e. The average molecular weight is 363 g/mol. The molecule has 8 heteroatoms. The van der Waals surface area contributed by atoms with Gasteiger partial charge in [-0.05, 0) is 56.4 Å². The van der Waals surface area contributed by atoms with E-state index < -0.39 is 10.2 Å². The molecule has 1 unspecified atom stereocenters. The Morgan fingerprint density at radius 2 is 1.92 bits per heavy atom. The minimum Gasteiger partial charge on any atom is -0.355 e. The molecule has 1 aliphatic rings. The lowest BCUT2D eigenvalue weighted by Crippen LogP contribution is -2.50. The van der Waals surface area contributed by atoms with Gasteiger partial charge in [-0.2, -0.15) is 12.7 Å². The molecule has 0 spiro atoms. The molecule has 0 bridgehead atoms. The van der Waals surface area contributed by atoms with Crippen LogP contribution in [0.2, 0.25) is 0 Å². The normalized spacial score (nSPS) is 17.1. The van der Waals surface area contributed by atoms with Gasteiger partial charge in [-0.15, -0.1) is 0 Å². The molecule has 3 rings (SSSR count). The maximum absolute atomic E-state index is 11.4. The highest BCUT2D eigenvalue weighted by atomic mass is 32.2. The second-order valence-corrected chi connectivity index (χ2v) is 8.67. The molecule has 136 valence electrons. The van der Waals surface area contributed by atoms with Gasteiger partial charge in [-0.25, -0.2) is 15.1 Å². The molecule has 25 heavy (non-hydrogen) atoms. The minimum atomic E-state index is -3.64. The van der Waals surface area contributed by atoms with Crippen LogP contribution in [-0.2, 0) is 10.2 Å². The SMILES string of the molecule is Cc1cc2ncnc(N3CC(CC(C)N(C)S(N)(=O)=O)C3)c2cc1C. The first-order valence-electron chi connectivity index (χ1n) is 8.39. The lowest BCUT2D eigenvalue weighted by Gasteiger charge is -2.42. The summed E-state index contributed by atoms with van der Waals surface area (Å²) in [4.78, 5) is 11.1. The zero-order valence-electron chi connectivity index (χ0n) is 15.1. The molecule has 1 saturated heterocycles. The van der Waals surface area contributed by atoms with E-state index >= 15 is 0 Å². The summed E-state index contributed by atoms with van der Waals surface area (Å²) in [5.74, 6) is 1.38. The highest BCUT2D eigenvalue weighted by Crippen LogP contribution is 2.32. The van der Waals surface area contributed by atoms with E-state index in [2.05, 4.69) is 40.8 Å². The Balaban J connectivity index is 1.71. The van der Waals surface area contributed by atoms with Crippen LogP contribution in [0, 0.1) is 19.8 Å². The van der Waals surface area contributed by atoms with Gasteiger partial charge < -0.3 is 4.90 Å². The van der Waals surface area contributed by atoms with Gasteiger partial charge in [0.15, 0.2) is 0 Å². The first-order chi connectivity index (χ1) is 11.7. The lowest BCUT2D eigenvalue weighted by molar-refractivity contribution is 0.284. The van der Waals surface area contributed by atoms with Gasteiger partial charge in [-0.1, -0.05) is 0 Å². The van der Waals surface area contributed by atoms with Crippen molar-refractivity contribution >= 4 is 26.9 Å². The summed E-state index contributed by atoms with van der Waals surface area (Å²) >= 11 is 0. The quantitative estimate of drug-likeness (QED) is 0.871. The molecule has 0 radical (unpaired) electrons. The van der Waals surface area contributed by atoms with Gasteiger partial charge >= 0.3 is 0 Å². The van der Waals surface area contributed by atoms with E-state index in [0.29, 0.717) is 5.92 Å². The van der Waals surface area contributed by atoms with Gasteiger partial charge in [-0.3, -0.25) is 0 Å². The zero-order valence-corrected chi connectivity index (χ0v) is 15.9. The third-order valence-corrected chi connectivity index (χ3v) is 6.35. The van der Waals surface area contributed by atoms with Crippen molar-refractivity contribution in [3.63, 3.8) is 0 Å². The number of nitrogens with two attached hydrogens (primary N) is 1. The molecule has 0 amide bonds. The van der Waals surface area contributed by atoms with Gasteiger partial charge in [0.2, 0.25) is 0 Å². The van der Waals surface area contributed by atoms with E-state index in [0.717, 1.165) is 36.2 Å². The molecule has 1 aromatic heterocycles. The number of hydrogen-bond donors (Lipinski definition) is 1. The van der Waals surface area contributed by atoms with Crippen LogP contribution in [0.15, 0.2) is 18.5 Å². The van der Waals surface area contributed by atoms with Crippen molar-refractivity contribution in [3.8, 4) is 0 Å². The van der Waals surface area contributed by atoms with Crippen LogP contribution in [0.3, 0.4) is 0 Å². The van der Waals surface area contributed by atoms with E-state index in [1.807, 2.05) is 6.92 Å². The molecule has 1 aliphatic heterocycles. The third kappa shape index (κ3) is 3.61. The molecule has 2 heterocycles. The van der Waals surface area contributed by atoms with Crippen molar-refractivity contribution in [2.45, 2.75) is 33.2 Å². The zero-order chi connectivity index (χ0) is 18.4. The second kappa shape index (κ2) is 6.51. The first-order valence-corrected chi connectivity index (χ1v) is 9.89. The lowest BCUT2D eigenvalue weighted by atomic mass is 9.92.